The van der Waals surface area contributed by atoms with Crippen LogP contribution in [0.5, 0.6) is 0 Å². The fourth-order valence-electron chi connectivity index (χ4n) is 1.41. The highest BCUT2D eigenvalue weighted by molar-refractivity contribution is 7.80. The van der Waals surface area contributed by atoms with Gasteiger partial charge in [-0.15, -0.1) is 0 Å². The van der Waals surface area contributed by atoms with Gasteiger partial charge >= 0.3 is 5.91 Å². The molecule has 2 rings (SSSR count). The molecule has 1 aromatic rings. The molecule has 1 aliphatic heterocycles. The Morgan fingerprint density at radius 1 is 1.43 bits per heavy atom. The van der Waals surface area contributed by atoms with E-state index < -0.39 is 20.9 Å². The van der Waals surface area contributed by atoms with E-state index in [0.29, 0.717) is 10.5 Å². The van der Waals surface area contributed by atoms with E-state index in [0.717, 1.165) is 7.05 Å². The van der Waals surface area contributed by atoms with Crippen LogP contribution in [0.3, 0.4) is 0 Å². The molecule has 0 N–H and O–H groups in total. The predicted octanol–water partition coefficient (Wildman–Crippen LogP) is 0.736. The quantitative estimate of drug-likeness (QED) is 0.469. The van der Waals surface area contributed by atoms with E-state index in [4.69, 9.17) is 0 Å². The molecule has 0 bridgehead atoms. The van der Waals surface area contributed by atoms with Gasteiger partial charge < -0.3 is 5.21 Å². The molecule has 2 unspecified atom stereocenters. The van der Waals surface area contributed by atoms with Gasteiger partial charge in [0.25, 0.3) is 0 Å². The van der Waals surface area contributed by atoms with Crippen molar-refractivity contribution < 1.29 is 13.1 Å². The molecule has 74 valence electrons. The van der Waals surface area contributed by atoms with Crippen LogP contribution >= 0.6 is 0 Å². The van der Waals surface area contributed by atoms with Crippen LogP contribution in [-0.2, 0) is 22.2 Å². The standard InChI is InChI=1S/C9H9NO3S/c1-10(12)9(11)6-7-4-2-3-5-8(7)14(10)13/h2-5H,6H2,1H3. The number of hydrogen-bond acceptors (Lipinski definition) is 3. The fourth-order valence-corrected chi connectivity index (χ4v) is 2.59. The minimum atomic E-state index is -1.82. The summed E-state index contributed by atoms with van der Waals surface area (Å²) in [4.78, 5) is 11.8. The second kappa shape index (κ2) is 2.98. The maximum atomic E-state index is 11.7. The van der Waals surface area contributed by atoms with Crippen molar-refractivity contribution in [2.45, 2.75) is 11.3 Å². The number of quaternary nitrogens is 1. The van der Waals surface area contributed by atoms with Gasteiger partial charge in [0.1, 0.15) is 4.90 Å². The molecule has 14 heavy (non-hydrogen) atoms. The fraction of sp³-hybridized carbons (Fsp3) is 0.222. The smallest absolute Gasteiger partial charge is 0.331 e. The van der Waals surface area contributed by atoms with Crippen LogP contribution in [0.2, 0.25) is 0 Å². The third-order valence-electron chi connectivity index (χ3n) is 2.27. The maximum Gasteiger partial charge on any atom is 0.331 e. The van der Waals surface area contributed by atoms with Gasteiger partial charge in [-0.25, -0.2) is 8.85 Å². The summed E-state index contributed by atoms with van der Waals surface area (Å²) >= 11 is 0. The average molecular weight is 211 g/mol. The van der Waals surface area contributed by atoms with E-state index in [1.165, 1.54) is 0 Å². The molecular formula is C9H9NO3S. The van der Waals surface area contributed by atoms with Crippen LogP contribution in [0.4, 0.5) is 0 Å². The molecular weight excluding hydrogens is 202 g/mol. The minimum Gasteiger partial charge on any atom is -0.611 e. The van der Waals surface area contributed by atoms with Gasteiger partial charge in [-0.05, 0) is 11.6 Å². The Morgan fingerprint density at radius 2 is 2.07 bits per heavy atom. The van der Waals surface area contributed by atoms with Crippen molar-refractivity contribution in [2.75, 3.05) is 7.05 Å². The van der Waals surface area contributed by atoms with E-state index in [9.17, 15) is 14.2 Å². The number of nitrogens with zero attached hydrogens (tertiary/aromatic N) is 1. The van der Waals surface area contributed by atoms with Crippen LogP contribution in [0.15, 0.2) is 29.2 Å². The van der Waals surface area contributed by atoms with Crippen molar-refractivity contribution in [3.63, 3.8) is 0 Å². The summed E-state index contributed by atoms with van der Waals surface area (Å²) in [5, 5.41) is 11.6. The van der Waals surface area contributed by atoms with E-state index in [-0.39, 0.29) is 6.42 Å². The number of hydrogen-bond donors (Lipinski definition) is 0. The molecule has 1 aromatic carbocycles. The lowest BCUT2D eigenvalue weighted by Gasteiger charge is -2.36. The van der Waals surface area contributed by atoms with Crippen molar-refractivity contribution in [1.82, 2.24) is 0 Å². The highest BCUT2D eigenvalue weighted by Gasteiger charge is 2.37. The van der Waals surface area contributed by atoms with Crippen LogP contribution in [0.25, 0.3) is 0 Å². The van der Waals surface area contributed by atoms with Crippen LogP contribution in [0, 0.1) is 5.21 Å². The zero-order chi connectivity index (χ0) is 10.3. The molecule has 0 aliphatic carbocycles. The maximum absolute atomic E-state index is 11.7. The lowest BCUT2D eigenvalue weighted by molar-refractivity contribution is -0.642. The largest absolute Gasteiger partial charge is 0.611 e. The summed E-state index contributed by atoms with van der Waals surface area (Å²) < 4.78 is 10.4. The Kier molecular flexibility index (Phi) is 2.02. The first-order valence-electron chi connectivity index (χ1n) is 4.15. The number of rotatable bonds is 0. The minimum absolute atomic E-state index is 0.0713. The van der Waals surface area contributed by atoms with Gasteiger partial charge in [0.05, 0.1) is 13.5 Å². The topological polar surface area (TPSA) is 57.2 Å². The SMILES string of the molecule is C[N+]1([O-])C(=O)Cc2ccccc2S1=O. The molecule has 0 fully saturated rings. The highest BCUT2D eigenvalue weighted by atomic mass is 32.2. The van der Waals surface area contributed by atoms with Crippen molar-refractivity contribution >= 4 is 16.9 Å². The number of hydroxylamine groups is 2. The van der Waals surface area contributed by atoms with Crippen LogP contribution < -0.4 is 0 Å². The molecule has 0 spiro atoms. The van der Waals surface area contributed by atoms with Gasteiger partial charge in [0.2, 0.25) is 11.0 Å². The molecule has 1 heterocycles. The van der Waals surface area contributed by atoms with E-state index in [1.807, 2.05) is 0 Å². The highest BCUT2D eigenvalue weighted by Crippen LogP contribution is 2.27. The van der Waals surface area contributed by atoms with E-state index in [2.05, 4.69) is 0 Å². The number of benzene rings is 1. The second-order valence-electron chi connectivity index (χ2n) is 3.27. The molecule has 2 atom stereocenters. The predicted molar refractivity (Wildman–Crippen MR) is 51.1 cm³/mol. The van der Waals surface area contributed by atoms with Gasteiger partial charge in [-0.3, -0.25) is 0 Å². The molecule has 0 saturated carbocycles. The number of carbonyl (C=O) groups is 1. The van der Waals surface area contributed by atoms with Crippen LogP contribution in [0.1, 0.15) is 5.56 Å². The van der Waals surface area contributed by atoms with E-state index in [1.54, 1.807) is 24.3 Å². The Balaban J connectivity index is 2.61. The molecule has 4 nitrogen and oxygen atoms in total. The zero-order valence-electron chi connectivity index (χ0n) is 7.60. The first-order valence-corrected chi connectivity index (χ1v) is 5.25. The van der Waals surface area contributed by atoms with Gasteiger partial charge in [-0.2, -0.15) is 4.21 Å². The molecule has 0 radical (unpaired) electrons. The van der Waals surface area contributed by atoms with Crippen LogP contribution in [-0.4, -0.2) is 21.2 Å². The summed E-state index contributed by atoms with van der Waals surface area (Å²) in [6.45, 7) is 0. The first kappa shape index (κ1) is 9.51. The Labute approximate surface area is 83.9 Å². The Morgan fingerprint density at radius 3 is 2.79 bits per heavy atom. The summed E-state index contributed by atoms with van der Waals surface area (Å²) in [6.07, 6.45) is 0.0713. The average Bonchev–Trinajstić information content (AvgIpc) is 2.15. The number of amides is 1. The Bertz CT molecular complexity index is 428. The van der Waals surface area contributed by atoms with Crippen molar-refractivity contribution in [1.29, 1.82) is 0 Å². The third kappa shape index (κ3) is 1.21. The van der Waals surface area contributed by atoms with Gasteiger partial charge in [-0.1, -0.05) is 18.2 Å². The van der Waals surface area contributed by atoms with Gasteiger partial charge in [0.15, 0.2) is 0 Å². The molecule has 1 aliphatic rings. The van der Waals surface area contributed by atoms with Crippen molar-refractivity contribution in [2.24, 2.45) is 0 Å². The second-order valence-corrected chi connectivity index (χ2v) is 4.91. The van der Waals surface area contributed by atoms with Crippen molar-refractivity contribution in [3.05, 3.63) is 35.0 Å². The summed E-state index contributed by atoms with van der Waals surface area (Å²) in [5.41, 5.74) is 0.697. The molecule has 0 saturated heterocycles. The first-order chi connectivity index (χ1) is 6.53. The lowest BCUT2D eigenvalue weighted by atomic mass is 10.1. The molecule has 5 heteroatoms. The lowest BCUT2D eigenvalue weighted by Crippen LogP contribution is -2.49. The third-order valence-corrected chi connectivity index (χ3v) is 3.88. The number of fused-ring (bicyclic) bond motifs is 1. The van der Waals surface area contributed by atoms with E-state index >= 15 is 0 Å². The zero-order valence-corrected chi connectivity index (χ0v) is 8.41. The summed E-state index contributed by atoms with van der Waals surface area (Å²) in [5.74, 6) is -0.554. The number of carbonyl (C=O) groups excluding carboxylic acids is 1. The molecule has 0 aromatic heterocycles. The molecule has 1 amide bonds. The monoisotopic (exact) mass is 211 g/mol. The summed E-state index contributed by atoms with van der Waals surface area (Å²) in [6, 6.07) is 6.84. The normalized spacial score (nSPS) is 31.3. The number of likely N-dealkylation sites (N-methyl/N-ethyl adjacent to an activating group) is 1. The summed E-state index contributed by atoms with van der Waals surface area (Å²) in [7, 11) is -0.690. The van der Waals surface area contributed by atoms with Gasteiger partial charge in [0, 0.05) is 0 Å². The van der Waals surface area contributed by atoms with Crippen molar-refractivity contribution in [3.8, 4) is 0 Å². The Hall–Kier alpha value is -1.04.